The Morgan fingerprint density at radius 3 is 1.88 bits per heavy atom. The molecule has 5 heteroatoms. The molecule has 1 aliphatic rings. The molecule has 0 spiro atoms. The van der Waals surface area contributed by atoms with E-state index in [4.69, 9.17) is 0 Å². The van der Waals surface area contributed by atoms with Gasteiger partial charge in [-0.25, -0.2) is 9.29 Å². The number of benzene rings is 3. The van der Waals surface area contributed by atoms with Crippen LogP contribution in [0.4, 0.5) is 10.1 Å². The fourth-order valence-electron chi connectivity index (χ4n) is 3.03. The van der Waals surface area contributed by atoms with Gasteiger partial charge in [-0.05, 0) is 48.5 Å². The maximum absolute atomic E-state index is 13.1. The fourth-order valence-corrected chi connectivity index (χ4v) is 3.03. The zero-order valence-corrected chi connectivity index (χ0v) is 13.5. The van der Waals surface area contributed by atoms with E-state index in [2.05, 4.69) is 0 Å². The maximum Gasteiger partial charge on any atom is 0.266 e. The molecule has 4 nitrogen and oxygen atoms in total. The first-order valence-corrected chi connectivity index (χ1v) is 7.95. The van der Waals surface area contributed by atoms with Crippen LogP contribution < -0.4 is 4.90 Å². The van der Waals surface area contributed by atoms with Gasteiger partial charge in [-0.1, -0.05) is 24.3 Å². The van der Waals surface area contributed by atoms with Gasteiger partial charge in [0.05, 0.1) is 16.8 Å². The molecular weight excluding hydrogens is 333 g/mol. The molecule has 1 heterocycles. The molecule has 0 saturated heterocycles. The lowest BCUT2D eigenvalue weighted by molar-refractivity contribution is 0.0926. The average molecular weight is 345 g/mol. The Morgan fingerprint density at radius 1 is 0.731 bits per heavy atom. The van der Waals surface area contributed by atoms with Crippen LogP contribution in [0, 0.1) is 5.82 Å². The number of rotatable bonds is 3. The number of amides is 2. The van der Waals surface area contributed by atoms with E-state index in [1.807, 2.05) is 0 Å². The number of hydrogen-bond acceptors (Lipinski definition) is 3. The average Bonchev–Trinajstić information content (AvgIpc) is 2.93. The summed E-state index contributed by atoms with van der Waals surface area (Å²) in [6, 6.07) is 18.1. The molecule has 0 unspecified atom stereocenters. The highest BCUT2D eigenvalue weighted by atomic mass is 19.1. The molecule has 26 heavy (non-hydrogen) atoms. The van der Waals surface area contributed by atoms with Crippen LogP contribution in [0.2, 0.25) is 0 Å². The Balaban J connectivity index is 1.80. The lowest BCUT2D eigenvalue weighted by Crippen LogP contribution is -2.31. The van der Waals surface area contributed by atoms with Crippen molar-refractivity contribution in [3.8, 4) is 0 Å². The molecule has 3 aromatic carbocycles. The highest BCUT2D eigenvalue weighted by Crippen LogP contribution is 2.31. The number of nitrogens with zero attached hydrogens (tertiary/aromatic N) is 1. The van der Waals surface area contributed by atoms with Crippen molar-refractivity contribution >= 4 is 23.3 Å². The van der Waals surface area contributed by atoms with Gasteiger partial charge in [0.25, 0.3) is 11.8 Å². The van der Waals surface area contributed by atoms with Crippen LogP contribution >= 0.6 is 0 Å². The minimum absolute atomic E-state index is 0.202. The van der Waals surface area contributed by atoms with Crippen LogP contribution in [-0.4, -0.2) is 17.6 Å². The standard InChI is InChI=1S/C21H12FNO3/c22-14-11-9-13(10-12-14)19(24)17-7-3-4-8-18(17)23-20(25)15-5-1-2-6-16(15)21(23)26/h1-12H. The lowest BCUT2D eigenvalue weighted by atomic mass is 10.0. The Hall–Kier alpha value is -3.60. The van der Waals surface area contributed by atoms with Gasteiger partial charge in [0.2, 0.25) is 0 Å². The summed E-state index contributed by atoms with van der Waals surface area (Å²) in [5.41, 5.74) is 1.31. The van der Waals surface area contributed by atoms with Gasteiger partial charge >= 0.3 is 0 Å². The second-order valence-electron chi connectivity index (χ2n) is 5.84. The summed E-state index contributed by atoms with van der Waals surface area (Å²) in [7, 11) is 0. The highest BCUT2D eigenvalue weighted by Gasteiger charge is 2.37. The second-order valence-corrected chi connectivity index (χ2v) is 5.84. The van der Waals surface area contributed by atoms with E-state index in [-0.39, 0.29) is 16.8 Å². The fraction of sp³-hybridized carbons (Fsp3) is 0. The maximum atomic E-state index is 13.1. The van der Waals surface area contributed by atoms with E-state index in [1.165, 1.54) is 24.3 Å². The van der Waals surface area contributed by atoms with E-state index in [9.17, 15) is 18.8 Å². The number of imide groups is 1. The van der Waals surface area contributed by atoms with Gasteiger partial charge in [0, 0.05) is 11.1 Å². The van der Waals surface area contributed by atoms with Gasteiger partial charge in [-0.2, -0.15) is 0 Å². The number of carbonyl (C=O) groups excluding carboxylic acids is 3. The molecule has 0 atom stereocenters. The van der Waals surface area contributed by atoms with Gasteiger partial charge in [-0.3, -0.25) is 14.4 Å². The van der Waals surface area contributed by atoms with Crippen molar-refractivity contribution in [2.45, 2.75) is 0 Å². The largest absolute Gasteiger partial charge is 0.289 e. The van der Waals surface area contributed by atoms with Crippen molar-refractivity contribution in [2.75, 3.05) is 4.90 Å². The Kier molecular flexibility index (Phi) is 3.69. The number of halogens is 1. The summed E-state index contributed by atoms with van der Waals surface area (Å²) in [4.78, 5) is 39.3. The Morgan fingerprint density at radius 2 is 1.27 bits per heavy atom. The van der Waals surface area contributed by atoms with Gasteiger partial charge < -0.3 is 0 Å². The first-order valence-electron chi connectivity index (χ1n) is 7.95. The first-order chi connectivity index (χ1) is 12.6. The van der Waals surface area contributed by atoms with Crippen molar-refractivity contribution in [3.63, 3.8) is 0 Å². The monoisotopic (exact) mass is 345 g/mol. The topological polar surface area (TPSA) is 54.5 Å². The number of anilines is 1. The molecular formula is C21H12FNO3. The summed E-state index contributed by atoms with van der Waals surface area (Å²) in [5.74, 6) is -1.78. The zero-order chi connectivity index (χ0) is 18.3. The number of fused-ring (bicyclic) bond motifs is 1. The van der Waals surface area contributed by atoms with Crippen LogP contribution in [0.25, 0.3) is 0 Å². The van der Waals surface area contributed by atoms with E-state index >= 15 is 0 Å². The summed E-state index contributed by atoms with van der Waals surface area (Å²) in [6.45, 7) is 0. The van der Waals surface area contributed by atoms with Gasteiger partial charge in [-0.15, -0.1) is 0 Å². The smallest absolute Gasteiger partial charge is 0.266 e. The zero-order valence-electron chi connectivity index (χ0n) is 13.5. The molecule has 0 fully saturated rings. The number of carbonyl (C=O) groups is 3. The van der Waals surface area contributed by atoms with Gasteiger partial charge in [0.1, 0.15) is 5.82 Å². The van der Waals surface area contributed by atoms with Crippen molar-refractivity contribution in [2.24, 2.45) is 0 Å². The summed E-state index contributed by atoms with van der Waals surface area (Å²) in [6.07, 6.45) is 0. The van der Waals surface area contributed by atoms with E-state index in [0.717, 1.165) is 4.90 Å². The lowest BCUT2D eigenvalue weighted by Gasteiger charge is -2.17. The molecule has 0 bridgehead atoms. The summed E-state index contributed by atoms with van der Waals surface area (Å²) in [5, 5.41) is 0. The third kappa shape index (κ3) is 2.41. The molecule has 0 N–H and O–H groups in total. The molecule has 3 aromatic rings. The Bertz CT molecular complexity index is 1020. The van der Waals surface area contributed by atoms with Crippen molar-refractivity contribution in [3.05, 3.63) is 101 Å². The second kappa shape index (κ2) is 6.04. The molecule has 2 amide bonds. The number of para-hydroxylation sites is 1. The van der Waals surface area contributed by atoms with E-state index in [0.29, 0.717) is 11.1 Å². The van der Waals surface area contributed by atoms with Crippen LogP contribution in [0.1, 0.15) is 36.6 Å². The van der Waals surface area contributed by atoms with E-state index < -0.39 is 23.4 Å². The number of ketones is 1. The van der Waals surface area contributed by atoms with Crippen LogP contribution in [0.5, 0.6) is 0 Å². The molecule has 4 rings (SSSR count). The van der Waals surface area contributed by atoms with Crippen molar-refractivity contribution in [1.29, 1.82) is 0 Å². The first kappa shape index (κ1) is 15.9. The molecule has 0 saturated carbocycles. The number of hydrogen-bond donors (Lipinski definition) is 0. The summed E-state index contributed by atoms with van der Waals surface area (Å²) >= 11 is 0. The third-order valence-electron chi connectivity index (χ3n) is 4.29. The third-order valence-corrected chi connectivity index (χ3v) is 4.29. The highest BCUT2D eigenvalue weighted by molar-refractivity contribution is 6.35. The molecule has 1 aliphatic heterocycles. The van der Waals surface area contributed by atoms with Crippen LogP contribution in [0.15, 0.2) is 72.8 Å². The molecule has 0 aromatic heterocycles. The van der Waals surface area contributed by atoms with E-state index in [1.54, 1.807) is 48.5 Å². The van der Waals surface area contributed by atoms with Crippen LogP contribution in [0.3, 0.4) is 0 Å². The van der Waals surface area contributed by atoms with Crippen molar-refractivity contribution in [1.82, 2.24) is 0 Å². The normalized spacial score (nSPS) is 13.0. The SMILES string of the molecule is O=C(c1ccc(F)cc1)c1ccccc1N1C(=O)c2ccccc2C1=O. The quantitative estimate of drug-likeness (QED) is 0.535. The van der Waals surface area contributed by atoms with Crippen LogP contribution in [-0.2, 0) is 0 Å². The summed E-state index contributed by atoms with van der Waals surface area (Å²) < 4.78 is 13.1. The Labute approximate surface area is 148 Å². The minimum Gasteiger partial charge on any atom is -0.289 e. The molecule has 0 radical (unpaired) electrons. The van der Waals surface area contributed by atoms with Gasteiger partial charge in [0.15, 0.2) is 5.78 Å². The molecule has 0 aliphatic carbocycles. The van der Waals surface area contributed by atoms with Crippen molar-refractivity contribution < 1.29 is 18.8 Å². The minimum atomic E-state index is -0.468. The predicted molar refractivity (Wildman–Crippen MR) is 93.9 cm³/mol. The molecule has 126 valence electrons. The predicted octanol–water partition coefficient (Wildman–Crippen LogP) is 3.86.